The molecule has 1 aliphatic heterocycles. The van der Waals surface area contributed by atoms with Gasteiger partial charge in [-0.25, -0.2) is 9.67 Å². The van der Waals surface area contributed by atoms with Crippen molar-refractivity contribution in [2.24, 2.45) is 11.8 Å². The Morgan fingerprint density at radius 2 is 1.77 bits per heavy atom. The third-order valence-corrected chi connectivity index (χ3v) is 6.60. The average Bonchev–Trinajstić information content (AvgIpc) is 3.34. The predicted octanol–water partition coefficient (Wildman–Crippen LogP) is 3.46. The van der Waals surface area contributed by atoms with Crippen molar-refractivity contribution in [1.82, 2.24) is 30.3 Å². The number of carbonyl (C=O) groups is 3. The molecular formula is C30H38N6O4. The first-order valence-corrected chi connectivity index (χ1v) is 13.8. The molecule has 40 heavy (non-hydrogen) atoms. The van der Waals surface area contributed by atoms with Gasteiger partial charge in [0.25, 0.3) is 5.91 Å². The first-order valence-electron chi connectivity index (χ1n) is 13.8. The molecule has 10 nitrogen and oxygen atoms in total. The molecule has 2 aromatic carbocycles. The van der Waals surface area contributed by atoms with Crippen molar-refractivity contribution in [2.75, 3.05) is 26.2 Å². The fourth-order valence-electron chi connectivity index (χ4n) is 4.53. The Hall–Kier alpha value is -4.21. The van der Waals surface area contributed by atoms with Gasteiger partial charge in [0, 0.05) is 30.6 Å². The van der Waals surface area contributed by atoms with Gasteiger partial charge in [-0.2, -0.15) is 5.10 Å². The zero-order valence-corrected chi connectivity index (χ0v) is 23.6. The van der Waals surface area contributed by atoms with E-state index in [0.717, 1.165) is 5.56 Å². The summed E-state index contributed by atoms with van der Waals surface area (Å²) in [6.45, 7) is 8.89. The zero-order valence-electron chi connectivity index (χ0n) is 23.6. The Bertz CT molecular complexity index is 1320. The van der Waals surface area contributed by atoms with Crippen LogP contribution in [0, 0.1) is 11.8 Å². The van der Waals surface area contributed by atoms with Crippen LogP contribution in [0.5, 0.6) is 5.75 Å². The fourth-order valence-corrected chi connectivity index (χ4v) is 4.53. The SMILES string of the molecule is CC(C)CC(=O)N1CCNC(=O)c2cccc(c2)OCCn2nc(-c3ccccc3)nc2[C@H](C(C)C)NC(=O)C1. The molecule has 1 aromatic heterocycles. The number of aromatic nitrogens is 3. The maximum atomic E-state index is 13.3. The lowest BCUT2D eigenvalue weighted by Crippen LogP contribution is -2.46. The summed E-state index contributed by atoms with van der Waals surface area (Å²) in [4.78, 5) is 45.5. The maximum absolute atomic E-state index is 13.3. The molecule has 1 atom stereocenters. The molecule has 2 bridgehead atoms. The molecule has 0 saturated heterocycles. The fraction of sp³-hybridized carbons (Fsp3) is 0.433. The Balaban J connectivity index is 1.69. The van der Waals surface area contributed by atoms with Crippen LogP contribution in [-0.2, 0) is 16.1 Å². The first-order chi connectivity index (χ1) is 19.2. The summed E-state index contributed by atoms with van der Waals surface area (Å²) in [7, 11) is 0. The summed E-state index contributed by atoms with van der Waals surface area (Å²) in [5.41, 5.74) is 1.32. The molecule has 2 N–H and O–H groups in total. The summed E-state index contributed by atoms with van der Waals surface area (Å²) in [5.74, 6) is 1.14. The number of hydrogen-bond donors (Lipinski definition) is 2. The van der Waals surface area contributed by atoms with E-state index in [4.69, 9.17) is 14.8 Å². The number of rotatable bonds is 4. The van der Waals surface area contributed by atoms with Crippen molar-refractivity contribution >= 4 is 17.7 Å². The molecule has 0 fully saturated rings. The average molecular weight is 547 g/mol. The third kappa shape index (κ3) is 7.46. The zero-order chi connectivity index (χ0) is 28.6. The Labute approximate surface area is 235 Å². The van der Waals surface area contributed by atoms with Crippen LogP contribution < -0.4 is 15.4 Å². The van der Waals surface area contributed by atoms with E-state index in [1.54, 1.807) is 28.9 Å². The highest BCUT2D eigenvalue weighted by atomic mass is 16.5. The van der Waals surface area contributed by atoms with Gasteiger partial charge >= 0.3 is 0 Å². The van der Waals surface area contributed by atoms with E-state index in [1.165, 1.54) is 4.90 Å². The molecule has 0 aliphatic carbocycles. The Morgan fingerprint density at radius 1 is 1.02 bits per heavy atom. The van der Waals surface area contributed by atoms with E-state index in [0.29, 0.717) is 35.9 Å². The van der Waals surface area contributed by atoms with Gasteiger partial charge in [0.1, 0.15) is 12.4 Å². The van der Waals surface area contributed by atoms with Crippen LogP contribution in [0.15, 0.2) is 54.6 Å². The molecule has 0 radical (unpaired) electrons. The van der Waals surface area contributed by atoms with Gasteiger partial charge in [0.15, 0.2) is 11.6 Å². The van der Waals surface area contributed by atoms with Gasteiger partial charge in [-0.05, 0) is 30.0 Å². The Morgan fingerprint density at radius 3 is 2.50 bits per heavy atom. The van der Waals surface area contributed by atoms with Crippen LogP contribution >= 0.6 is 0 Å². The lowest BCUT2D eigenvalue weighted by atomic mass is 10.0. The van der Waals surface area contributed by atoms with Crippen molar-refractivity contribution in [1.29, 1.82) is 0 Å². The number of nitrogens with zero attached hydrogens (tertiary/aromatic N) is 4. The summed E-state index contributed by atoms with van der Waals surface area (Å²) in [5, 5.41) is 10.7. The standard InChI is InChI=1S/C30H38N6O4/c1-20(2)17-26(38)35-14-13-31-30(39)23-11-8-12-24(18-23)40-16-15-36-29(27(21(3)4)32-25(37)19-35)33-28(34-36)22-9-6-5-7-10-22/h5-12,18,20-21,27H,13-17,19H2,1-4H3,(H,31,39)(H,32,37)/t27-/m0/s1. The number of fused-ring (bicyclic) bond motifs is 3. The summed E-state index contributed by atoms with van der Waals surface area (Å²) in [6, 6.07) is 16.2. The van der Waals surface area contributed by atoms with Crippen LogP contribution in [0.2, 0.25) is 0 Å². The van der Waals surface area contributed by atoms with Crippen molar-refractivity contribution < 1.29 is 19.1 Å². The highest BCUT2D eigenvalue weighted by molar-refractivity contribution is 5.94. The topological polar surface area (TPSA) is 118 Å². The lowest BCUT2D eigenvalue weighted by Gasteiger charge is -2.26. The molecule has 4 rings (SSSR count). The number of ether oxygens (including phenoxy) is 1. The minimum atomic E-state index is -0.446. The number of nitrogens with one attached hydrogen (secondary N) is 2. The number of amides is 3. The molecule has 0 saturated carbocycles. The molecule has 3 aromatic rings. The van der Waals surface area contributed by atoms with E-state index >= 15 is 0 Å². The lowest BCUT2D eigenvalue weighted by molar-refractivity contribution is -0.137. The minimum absolute atomic E-state index is 0.00527. The predicted molar refractivity (Wildman–Crippen MR) is 151 cm³/mol. The molecule has 2 heterocycles. The van der Waals surface area contributed by atoms with Gasteiger partial charge in [-0.15, -0.1) is 0 Å². The second kappa shape index (κ2) is 13.2. The quantitative estimate of drug-likeness (QED) is 0.518. The monoisotopic (exact) mass is 546 g/mol. The molecule has 1 aliphatic rings. The molecular weight excluding hydrogens is 508 g/mol. The summed E-state index contributed by atoms with van der Waals surface area (Å²) >= 11 is 0. The van der Waals surface area contributed by atoms with Gasteiger partial charge in [0.2, 0.25) is 11.8 Å². The molecule has 212 valence electrons. The number of carbonyl (C=O) groups excluding carboxylic acids is 3. The molecule has 3 amide bonds. The van der Waals surface area contributed by atoms with Crippen molar-refractivity contribution in [3.8, 4) is 17.1 Å². The molecule has 0 spiro atoms. The second-order valence-electron chi connectivity index (χ2n) is 10.7. The van der Waals surface area contributed by atoms with Gasteiger partial charge in [-0.3, -0.25) is 14.4 Å². The minimum Gasteiger partial charge on any atom is -0.492 e. The second-order valence-corrected chi connectivity index (χ2v) is 10.7. The van der Waals surface area contributed by atoms with Crippen LogP contribution in [0.3, 0.4) is 0 Å². The van der Waals surface area contributed by atoms with E-state index in [-0.39, 0.29) is 55.8 Å². The first kappa shape index (κ1) is 28.8. The van der Waals surface area contributed by atoms with Crippen molar-refractivity contribution in [3.05, 3.63) is 66.0 Å². The third-order valence-electron chi connectivity index (χ3n) is 6.60. The van der Waals surface area contributed by atoms with Crippen LogP contribution in [0.4, 0.5) is 0 Å². The van der Waals surface area contributed by atoms with Crippen LogP contribution in [0.1, 0.15) is 56.3 Å². The van der Waals surface area contributed by atoms with Crippen molar-refractivity contribution in [2.45, 2.75) is 46.7 Å². The molecule has 10 heteroatoms. The number of benzene rings is 2. The summed E-state index contributed by atoms with van der Waals surface area (Å²) < 4.78 is 7.75. The van der Waals surface area contributed by atoms with E-state index < -0.39 is 6.04 Å². The highest BCUT2D eigenvalue weighted by Gasteiger charge is 2.27. The Kier molecular flexibility index (Phi) is 9.52. The van der Waals surface area contributed by atoms with Gasteiger partial charge in [0.05, 0.1) is 19.1 Å². The van der Waals surface area contributed by atoms with Crippen LogP contribution in [-0.4, -0.2) is 63.6 Å². The maximum Gasteiger partial charge on any atom is 0.251 e. The summed E-state index contributed by atoms with van der Waals surface area (Å²) in [6.07, 6.45) is 0.309. The normalized spacial score (nSPS) is 17.1. The number of hydrogen-bond acceptors (Lipinski definition) is 6. The largest absolute Gasteiger partial charge is 0.492 e. The van der Waals surface area contributed by atoms with E-state index in [2.05, 4.69) is 10.6 Å². The van der Waals surface area contributed by atoms with E-state index in [1.807, 2.05) is 58.0 Å². The van der Waals surface area contributed by atoms with Crippen molar-refractivity contribution in [3.63, 3.8) is 0 Å². The molecule has 0 unspecified atom stereocenters. The highest BCUT2D eigenvalue weighted by Crippen LogP contribution is 2.24. The van der Waals surface area contributed by atoms with E-state index in [9.17, 15) is 14.4 Å². The van der Waals surface area contributed by atoms with Crippen LogP contribution in [0.25, 0.3) is 11.4 Å². The smallest absolute Gasteiger partial charge is 0.251 e. The van der Waals surface area contributed by atoms with Gasteiger partial charge < -0.3 is 20.3 Å². The van der Waals surface area contributed by atoms with Gasteiger partial charge in [-0.1, -0.05) is 64.1 Å².